The molecule has 47 heavy (non-hydrogen) atoms. The molecule has 6 heterocycles. The maximum Gasteiger partial charge on any atom is 0.146 e. The Labute approximate surface area is 267 Å². The summed E-state index contributed by atoms with van der Waals surface area (Å²) in [5, 5.41) is 6.99. The molecular weight excluding hydrogens is 576 g/mol. The van der Waals surface area contributed by atoms with Crippen LogP contribution in [0.3, 0.4) is 0 Å². The Morgan fingerprint density at radius 3 is 1.85 bits per heavy atom. The van der Waals surface area contributed by atoms with Gasteiger partial charge in [-0.3, -0.25) is 14.4 Å². The van der Waals surface area contributed by atoms with Crippen LogP contribution in [0.15, 0.2) is 146 Å². The van der Waals surface area contributed by atoms with Crippen molar-refractivity contribution in [3.63, 3.8) is 0 Å². The minimum atomic E-state index is 0.910. The first-order valence-corrected chi connectivity index (χ1v) is 15.8. The molecule has 0 spiro atoms. The largest absolute Gasteiger partial charge is 0.309 e. The highest BCUT2D eigenvalue weighted by Gasteiger charge is 2.21. The zero-order valence-electron chi connectivity index (χ0n) is 25.0. The van der Waals surface area contributed by atoms with E-state index in [1.807, 2.05) is 24.5 Å². The van der Waals surface area contributed by atoms with E-state index in [0.29, 0.717) is 0 Å². The molecule has 5 aromatic carbocycles. The van der Waals surface area contributed by atoms with Gasteiger partial charge in [0, 0.05) is 56.1 Å². The fourth-order valence-electron chi connectivity index (χ4n) is 7.75. The third-order valence-electron chi connectivity index (χ3n) is 9.71. The van der Waals surface area contributed by atoms with Crippen LogP contribution in [-0.2, 0) is 0 Å². The molecule has 218 valence electrons. The molecule has 11 rings (SSSR count). The van der Waals surface area contributed by atoms with Gasteiger partial charge in [0.15, 0.2) is 0 Å². The molecule has 0 radical (unpaired) electrons. The van der Waals surface area contributed by atoms with Gasteiger partial charge in [-0.1, -0.05) is 54.6 Å². The number of rotatable bonds is 2. The van der Waals surface area contributed by atoms with Crippen molar-refractivity contribution < 1.29 is 0 Å². The van der Waals surface area contributed by atoms with E-state index in [2.05, 4.69) is 134 Å². The maximum absolute atomic E-state index is 5.16. The van der Waals surface area contributed by atoms with Crippen molar-refractivity contribution in [2.75, 3.05) is 0 Å². The van der Waals surface area contributed by atoms with Crippen LogP contribution < -0.4 is 0 Å². The summed E-state index contributed by atoms with van der Waals surface area (Å²) >= 11 is 0. The van der Waals surface area contributed by atoms with E-state index in [1.165, 1.54) is 32.6 Å². The number of pyridine rings is 3. The predicted octanol–water partition coefficient (Wildman–Crippen LogP) is 9.78. The van der Waals surface area contributed by atoms with E-state index in [4.69, 9.17) is 9.97 Å². The van der Waals surface area contributed by atoms with Gasteiger partial charge in [-0.25, -0.2) is 4.98 Å². The lowest BCUT2D eigenvalue weighted by atomic mass is 10.0. The van der Waals surface area contributed by atoms with Crippen molar-refractivity contribution in [1.29, 1.82) is 0 Å². The Morgan fingerprint density at radius 2 is 1.06 bits per heavy atom. The summed E-state index contributed by atoms with van der Waals surface area (Å²) in [4.78, 5) is 14.5. The van der Waals surface area contributed by atoms with Gasteiger partial charge >= 0.3 is 0 Å². The molecule has 6 aromatic heterocycles. The highest BCUT2D eigenvalue weighted by Crippen LogP contribution is 2.42. The molecule has 0 saturated heterocycles. The lowest BCUT2D eigenvalue weighted by Crippen LogP contribution is -1.96. The Bertz CT molecular complexity index is 3060. The van der Waals surface area contributed by atoms with E-state index in [-0.39, 0.29) is 0 Å². The molecule has 0 aliphatic heterocycles. The predicted molar refractivity (Wildman–Crippen MR) is 192 cm³/mol. The zero-order chi connectivity index (χ0) is 30.6. The average Bonchev–Trinajstić information content (AvgIpc) is 3.78. The first-order valence-electron chi connectivity index (χ1n) is 15.8. The van der Waals surface area contributed by atoms with Crippen molar-refractivity contribution >= 4 is 82.1 Å². The number of hydrogen-bond acceptors (Lipinski definition) is 3. The quantitative estimate of drug-likeness (QED) is 0.186. The molecule has 0 unspecified atom stereocenters. The monoisotopic (exact) mass is 600 g/mol. The molecule has 0 fully saturated rings. The molecule has 0 amide bonds. The number of para-hydroxylation sites is 3. The van der Waals surface area contributed by atoms with Crippen LogP contribution in [0.2, 0.25) is 0 Å². The second kappa shape index (κ2) is 9.02. The number of hydrogen-bond donors (Lipinski definition) is 0. The van der Waals surface area contributed by atoms with Gasteiger partial charge in [-0.2, -0.15) is 0 Å². The third kappa shape index (κ3) is 3.26. The lowest BCUT2D eigenvalue weighted by Gasteiger charge is -2.11. The van der Waals surface area contributed by atoms with Gasteiger partial charge in [-0.05, 0) is 72.8 Å². The Balaban J connectivity index is 1.38. The summed E-state index contributed by atoms with van der Waals surface area (Å²) in [7, 11) is 0. The smallest absolute Gasteiger partial charge is 0.146 e. The number of nitrogens with zero attached hydrogens (tertiary/aromatic N) is 6. The summed E-state index contributed by atoms with van der Waals surface area (Å²) in [5.74, 6) is 0. The standard InChI is InChI=1S/C41H24N6/c1-3-10-25(11-4-1)45-34-15-8-7-14-27(34)28-20-29-30-21-32-31(22-36(30)46(38(29)23-37(28)45)26-12-5-2-6-13-26)40-35(16-9-18-43-40)47-39-24-42-19-17-33(39)44-41(32)47/h1-24H. The van der Waals surface area contributed by atoms with Crippen molar-refractivity contribution in [3.8, 4) is 11.4 Å². The molecule has 0 bridgehead atoms. The Kier molecular flexibility index (Phi) is 4.75. The Hall–Kier alpha value is -6.53. The van der Waals surface area contributed by atoms with Gasteiger partial charge in [0.2, 0.25) is 0 Å². The van der Waals surface area contributed by atoms with Crippen molar-refractivity contribution in [2.45, 2.75) is 0 Å². The second-order valence-electron chi connectivity index (χ2n) is 12.2. The highest BCUT2D eigenvalue weighted by atomic mass is 15.0. The summed E-state index contributed by atoms with van der Waals surface area (Å²) in [6, 6.07) is 45.5. The molecule has 6 heteroatoms. The van der Waals surface area contributed by atoms with E-state index in [1.54, 1.807) is 6.20 Å². The summed E-state index contributed by atoms with van der Waals surface area (Å²) in [5.41, 5.74) is 11.7. The lowest BCUT2D eigenvalue weighted by molar-refractivity contribution is 1.17. The molecule has 0 aliphatic carbocycles. The number of benzene rings is 5. The van der Waals surface area contributed by atoms with Crippen LogP contribution in [-0.4, -0.2) is 28.5 Å². The highest BCUT2D eigenvalue weighted by molar-refractivity contribution is 6.24. The molecule has 0 N–H and O–H groups in total. The SMILES string of the molecule is c1ccc(-n2c3ccccc3c3cc4c5cc6c(cc5n(-c5ccccc5)c4cc32)c2ncccc2n2c3cnccc3nc62)cc1. The van der Waals surface area contributed by atoms with Crippen LogP contribution >= 0.6 is 0 Å². The zero-order valence-corrected chi connectivity index (χ0v) is 25.0. The van der Waals surface area contributed by atoms with Crippen LogP contribution in [0.5, 0.6) is 0 Å². The van der Waals surface area contributed by atoms with Crippen LogP contribution in [0.4, 0.5) is 0 Å². The molecular formula is C41H24N6. The Morgan fingerprint density at radius 1 is 0.426 bits per heavy atom. The number of aromatic nitrogens is 6. The number of fused-ring (bicyclic) bond motifs is 14. The summed E-state index contributed by atoms with van der Waals surface area (Å²) < 4.78 is 7.00. The minimum Gasteiger partial charge on any atom is -0.309 e. The van der Waals surface area contributed by atoms with Gasteiger partial charge in [0.05, 0.1) is 50.3 Å². The van der Waals surface area contributed by atoms with Crippen LogP contribution in [0.25, 0.3) is 93.5 Å². The van der Waals surface area contributed by atoms with Gasteiger partial charge in [0.1, 0.15) is 5.65 Å². The fraction of sp³-hybridized carbons (Fsp3) is 0. The van der Waals surface area contributed by atoms with Gasteiger partial charge in [0.25, 0.3) is 0 Å². The molecule has 0 atom stereocenters. The molecule has 6 nitrogen and oxygen atoms in total. The van der Waals surface area contributed by atoms with Crippen LogP contribution in [0.1, 0.15) is 0 Å². The van der Waals surface area contributed by atoms with E-state index in [9.17, 15) is 0 Å². The molecule has 11 aromatic rings. The van der Waals surface area contributed by atoms with Crippen LogP contribution in [0, 0.1) is 0 Å². The normalized spacial score (nSPS) is 12.3. The van der Waals surface area contributed by atoms with E-state index >= 15 is 0 Å². The molecule has 0 saturated carbocycles. The minimum absolute atomic E-state index is 0.910. The summed E-state index contributed by atoms with van der Waals surface area (Å²) in [6.45, 7) is 0. The average molecular weight is 601 g/mol. The maximum atomic E-state index is 5.16. The van der Waals surface area contributed by atoms with Crippen molar-refractivity contribution in [2.24, 2.45) is 0 Å². The van der Waals surface area contributed by atoms with E-state index < -0.39 is 0 Å². The fourth-order valence-corrected chi connectivity index (χ4v) is 7.75. The first kappa shape index (κ1) is 24.8. The van der Waals surface area contributed by atoms with Gasteiger partial charge in [-0.15, -0.1) is 0 Å². The van der Waals surface area contributed by atoms with E-state index in [0.717, 1.165) is 60.9 Å². The van der Waals surface area contributed by atoms with Crippen molar-refractivity contribution in [1.82, 2.24) is 28.5 Å². The number of imidazole rings is 1. The van der Waals surface area contributed by atoms with Crippen molar-refractivity contribution in [3.05, 3.63) is 146 Å². The topological polar surface area (TPSA) is 52.9 Å². The third-order valence-corrected chi connectivity index (χ3v) is 9.71. The first-order chi connectivity index (χ1) is 23.3. The second-order valence-corrected chi connectivity index (χ2v) is 12.2. The van der Waals surface area contributed by atoms with Gasteiger partial charge < -0.3 is 9.13 Å². The summed E-state index contributed by atoms with van der Waals surface area (Å²) in [6.07, 6.45) is 5.58. The molecule has 0 aliphatic rings.